The lowest BCUT2D eigenvalue weighted by atomic mass is 10.1. The molecule has 0 fully saturated rings. The molecule has 0 radical (unpaired) electrons. The van der Waals surface area contributed by atoms with Crippen LogP contribution in [0, 0.1) is 14.9 Å². The third kappa shape index (κ3) is 4.63. The molecule has 0 unspecified atom stereocenters. The van der Waals surface area contributed by atoms with Crippen LogP contribution < -0.4 is 4.74 Å². The van der Waals surface area contributed by atoms with E-state index in [2.05, 4.69) is 4.74 Å². The number of nitriles is 1. The molecule has 0 atom stereocenters. The Morgan fingerprint density at radius 1 is 1.53 bits per heavy atom. The normalized spacial score (nSPS) is 10.1. The van der Waals surface area contributed by atoms with Gasteiger partial charge in [-0.05, 0) is 47.2 Å². The van der Waals surface area contributed by atoms with Crippen molar-refractivity contribution in [2.45, 2.75) is 20.0 Å². The number of alkyl halides is 2. The van der Waals surface area contributed by atoms with E-state index in [1.807, 2.05) is 28.7 Å². The monoisotopic (exact) mass is 381 g/mol. The predicted molar refractivity (Wildman–Crippen MR) is 70.8 cm³/mol. The highest BCUT2D eigenvalue weighted by atomic mass is 127. The summed E-state index contributed by atoms with van der Waals surface area (Å²) in [6, 6.07) is 4.51. The molecule has 0 amide bonds. The molecule has 0 spiro atoms. The Kier molecular flexibility index (Phi) is 5.95. The van der Waals surface area contributed by atoms with Crippen LogP contribution in [0.3, 0.4) is 0 Å². The van der Waals surface area contributed by atoms with E-state index >= 15 is 0 Å². The quantitative estimate of drug-likeness (QED) is 0.582. The lowest BCUT2D eigenvalue weighted by molar-refractivity contribution is -0.142. The molecule has 1 rings (SSSR count). The average molecular weight is 381 g/mol. The number of nitrogens with zero attached hydrogens (tertiary/aromatic N) is 1. The summed E-state index contributed by atoms with van der Waals surface area (Å²) in [4.78, 5) is 11.4. The van der Waals surface area contributed by atoms with Crippen LogP contribution >= 0.6 is 22.6 Å². The van der Waals surface area contributed by atoms with E-state index in [4.69, 9.17) is 10.00 Å². The topological polar surface area (TPSA) is 59.3 Å². The molecule has 0 N–H and O–H groups in total. The van der Waals surface area contributed by atoms with Crippen LogP contribution in [0.2, 0.25) is 0 Å². The highest BCUT2D eigenvalue weighted by Crippen LogP contribution is 2.25. The number of carbonyl (C=O) groups excluding carboxylic acids is 1. The standard InChI is InChI=1S/C12H10F2INO3/c1-2-18-11(17)4-7-3-8(19-12(13)14)5-10(15)9(7)6-16/h3,5,12H,2,4H2,1H3. The van der Waals surface area contributed by atoms with Gasteiger partial charge in [0, 0.05) is 3.57 Å². The number of esters is 1. The van der Waals surface area contributed by atoms with Crippen LogP contribution in [-0.4, -0.2) is 19.2 Å². The molecule has 1 aromatic rings. The third-order valence-electron chi connectivity index (χ3n) is 2.12. The number of carbonyl (C=O) groups is 1. The van der Waals surface area contributed by atoms with E-state index in [0.717, 1.165) is 0 Å². The first-order chi connectivity index (χ1) is 8.97. The average Bonchev–Trinajstić information content (AvgIpc) is 2.27. The van der Waals surface area contributed by atoms with E-state index in [1.165, 1.54) is 12.1 Å². The number of hydrogen-bond donors (Lipinski definition) is 0. The minimum absolute atomic E-state index is 0.0855. The van der Waals surface area contributed by atoms with Crippen molar-refractivity contribution in [3.05, 3.63) is 26.8 Å². The van der Waals surface area contributed by atoms with Gasteiger partial charge in [-0.25, -0.2) is 0 Å². The molecule has 0 heterocycles. The fourth-order valence-corrected chi connectivity index (χ4v) is 2.21. The lowest BCUT2D eigenvalue weighted by Crippen LogP contribution is -2.10. The first-order valence-electron chi connectivity index (χ1n) is 5.30. The van der Waals surface area contributed by atoms with E-state index in [-0.39, 0.29) is 24.3 Å². The highest BCUT2D eigenvalue weighted by Gasteiger charge is 2.15. The maximum absolute atomic E-state index is 12.2. The van der Waals surface area contributed by atoms with Crippen LogP contribution in [0.5, 0.6) is 5.75 Å². The molecule has 0 aliphatic carbocycles. The lowest BCUT2D eigenvalue weighted by Gasteiger charge is -2.10. The zero-order valence-electron chi connectivity index (χ0n) is 9.95. The van der Waals surface area contributed by atoms with Gasteiger partial charge in [0.2, 0.25) is 0 Å². The number of hydrogen-bond acceptors (Lipinski definition) is 4. The number of rotatable bonds is 5. The Labute approximate surface area is 122 Å². The summed E-state index contributed by atoms with van der Waals surface area (Å²) < 4.78 is 33.8. The number of benzene rings is 1. The second kappa shape index (κ2) is 7.23. The van der Waals surface area contributed by atoms with Crippen molar-refractivity contribution in [3.63, 3.8) is 0 Å². The molecule has 102 valence electrons. The van der Waals surface area contributed by atoms with Crippen LogP contribution in [-0.2, 0) is 16.0 Å². The number of ether oxygens (including phenoxy) is 2. The molecule has 1 aromatic carbocycles. The van der Waals surface area contributed by atoms with Crippen molar-refractivity contribution >= 4 is 28.6 Å². The van der Waals surface area contributed by atoms with Crippen molar-refractivity contribution < 1.29 is 23.0 Å². The van der Waals surface area contributed by atoms with Crippen LogP contribution in [0.15, 0.2) is 12.1 Å². The summed E-state index contributed by atoms with van der Waals surface area (Å²) in [6.07, 6.45) is -0.160. The number of halogens is 3. The van der Waals surface area contributed by atoms with Gasteiger partial charge >= 0.3 is 12.6 Å². The molecule has 0 bridgehead atoms. The molecule has 4 nitrogen and oxygen atoms in total. The maximum Gasteiger partial charge on any atom is 0.387 e. The summed E-state index contributed by atoms with van der Waals surface area (Å²) >= 11 is 1.83. The van der Waals surface area contributed by atoms with Crippen molar-refractivity contribution in [2.75, 3.05) is 6.61 Å². The minimum atomic E-state index is -2.96. The van der Waals surface area contributed by atoms with Gasteiger partial charge in [0.15, 0.2) is 0 Å². The summed E-state index contributed by atoms with van der Waals surface area (Å²) in [6.45, 7) is -1.09. The Morgan fingerprint density at radius 2 is 2.21 bits per heavy atom. The Morgan fingerprint density at radius 3 is 2.74 bits per heavy atom. The van der Waals surface area contributed by atoms with Crippen molar-refractivity contribution in [1.29, 1.82) is 5.26 Å². The van der Waals surface area contributed by atoms with Gasteiger partial charge in [0.25, 0.3) is 0 Å². The molecule has 0 aliphatic rings. The second-order valence-corrected chi connectivity index (χ2v) is 4.57. The van der Waals surface area contributed by atoms with Gasteiger partial charge in [0.1, 0.15) is 11.8 Å². The third-order valence-corrected chi connectivity index (χ3v) is 2.97. The molecular formula is C12H10F2INO3. The largest absolute Gasteiger partial charge is 0.466 e. The minimum Gasteiger partial charge on any atom is -0.466 e. The van der Waals surface area contributed by atoms with Crippen LogP contribution in [0.4, 0.5) is 8.78 Å². The fraction of sp³-hybridized carbons (Fsp3) is 0.333. The molecule has 7 heteroatoms. The molecule has 0 saturated heterocycles. The second-order valence-electron chi connectivity index (χ2n) is 3.41. The van der Waals surface area contributed by atoms with Gasteiger partial charge in [-0.15, -0.1) is 0 Å². The van der Waals surface area contributed by atoms with Crippen LogP contribution in [0.25, 0.3) is 0 Å². The van der Waals surface area contributed by atoms with Gasteiger partial charge in [0.05, 0.1) is 18.6 Å². The van der Waals surface area contributed by atoms with Gasteiger partial charge in [-0.3, -0.25) is 4.79 Å². The molecule has 0 saturated carbocycles. The van der Waals surface area contributed by atoms with Crippen molar-refractivity contribution in [2.24, 2.45) is 0 Å². The van der Waals surface area contributed by atoms with Gasteiger partial charge in [-0.1, -0.05) is 0 Å². The summed E-state index contributed by atoms with van der Waals surface area (Å²) in [5.74, 6) is -0.610. The molecular weight excluding hydrogens is 371 g/mol. The maximum atomic E-state index is 12.2. The van der Waals surface area contributed by atoms with E-state index in [9.17, 15) is 13.6 Å². The Bertz CT molecular complexity index is 514. The van der Waals surface area contributed by atoms with Gasteiger partial charge < -0.3 is 9.47 Å². The molecule has 0 aliphatic heterocycles. The first-order valence-corrected chi connectivity index (χ1v) is 6.38. The fourth-order valence-electron chi connectivity index (χ4n) is 1.44. The zero-order valence-corrected chi connectivity index (χ0v) is 12.1. The van der Waals surface area contributed by atoms with Crippen molar-refractivity contribution in [3.8, 4) is 11.8 Å². The predicted octanol–water partition coefficient (Wildman–Crippen LogP) is 2.87. The van der Waals surface area contributed by atoms with E-state index in [1.54, 1.807) is 6.92 Å². The summed E-state index contributed by atoms with van der Waals surface area (Å²) in [5.41, 5.74) is 0.568. The molecule has 0 aromatic heterocycles. The SMILES string of the molecule is CCOC(=O)Cc1cc(OC(F)F)cc(I)c1C#N. The van der Waals surface area contributed by atoms with Gasteiger partial charge in [-0.2, -0.15) is 14.0 Å². The van der Waals surface area contributed by atoms with E-state index < -0.39 is 12.6 Å². The van der Waals surface area contributed by atoms with Crippen LogP contribution in [0.1, 0.15) is 18.1 Å². The first kappa shape index (κ1) is 15.6. The highest BCUT2D eigenvalue weighted by molar-refractivity contribution is 14.1. The Hall–Kier alpha value is -1.43. The summed E-state index contributed by atoms with van der Waals surface area (Å²) in [5, 5.41) is 9.02. The zero-order chi connectivity index (χ0) is 14.4. The van der Waals surface area contributed by atoms with Crippen molar-refractivity contribution in [1.82, 2.24) is 0 Å². The van der Waals surface area contributed by atoms with E-state index in [0.29, 0.717) is 9.13 Å². The summed E-state index contributed by atoms with van der Waals surface area (Å²) in [7, 11) is 0. The molecule has 19 heavy (non-hydrogen) atoms. The smallest absolute Gasteiger partial charge is 0.387 e. The Balaban J connectivity index is 3.08.